The van der Waals surface area contributed by atoms with Gasteiger partial charge in [0.15, 0.2) is 0 Å². The van der Waals surface area contributed by atoms with Crippen LogP contribution in [0.5, 0.6) is 0 Å². The van der Waals surface area contributed by atoms with Gasteiger partial charge >= 0.3 is 0 Å². The van der Waals surface area contributed by atoms with E-state index in [-0.39, 0.29) is 16.6 Å². The summed E-state index contributed by atoms with van der Waals surface area (Å²) < 4.78 is 0. The monoisotopic (exact) mass is 422 g/mol. The summed E-state index contributed by atoms with van der Waals surface area (Å²) in [4.78, 5) is 21.9. The molecule has 5 nitrogen and oxygen atoms in total. The standard InChI is InChI=1S/C24H30N4OS/c1-6-20(22(29)28-21-10-7-15(2)14-26-21)30-23-17(13-25)11-16-12-18(24(3,4)5)8-9-19(16)27-23/h7,10-11,14,18,20H,6,8-9,12H2,1-5H3,(H,26,28,29). The third-order valence-electron chi connectivity index (χ3n) is 5.78. The maximum atomic E-state index is 12.8. The minimum atomic E-state index is -0.336. The summed E-state index contributed by atoms with van der Waals surface area (Å²) >= 11 is 1.38. The lowest BCUT2D eigenvalue weighted by Crippen LogP contribution is -2.28. The molecule has 0 bridgehead atoms. The number of nitrogens with one attached hydrogen (secondary N) is 1. The average Bonchev–Trinajstić information content (AvgIpc) is 2.71. The number of nitrogens with zero attached hydrogens (tertiary/aromatic N) is 3. The lowest BCUT2D eigenvalue weighted by Gasteiger charge is -2.34. The van der Waals surface area contributed by atoms with Gasteiger partial charge in [0.2, 0.25) is 5.91 Å². The molecule has 2 aromatic rings. The van der Waals surface area contributed by atoms with Gasteiger partial charge in [0.1, 0.15) is 16.9 Å². The lowest BCUT2D eigenvalue weighted by molar-refractivity contribution is -0.115. The first-order valence-corrected chi connectivity index (χ1v) is 11.4. The van der Waals surface area contributed by atoms with Crippen molar-refractivity contribution in [2.45, 2.75) is 70.6 Å². The van der Waals surface area contributed by atoms with E-state index in [9.17, 15) is 10.1 Å². The summed E-state index contributed by atoms with van der Waals surface area (Å²) in [6.45, 7) is 10.8. The highest BCUT2D eigenvalue weighted by atomic mass is 32.2. The highest BCUT2D eigenvalue weighted by molar-refractivity contribution is 8.00. The molecular weight excluding hydrogens is 392 g/mol. The van der Waals surface area contributed by atoms with Gasteiger partial charge in [-0.15, -0.1) is 0 Å². The van der Waals surface area contributed by atoms with E-state index < -0.39 is 0 Å². The topological polar surface area (TPSA) is 78.7 Å². The molecule has 0 saturated carbocycles. The fraction of sp³-hybridized carbons (Fsp3) is 0.500. The second-order valence-corrected chi connectivity index (χ2v) is 10.3. The minimum absolute atomic E-state index is 0.116. The van der Waals surface area contributed by atoms with Gasteiger partial charge in [0.25, 0.3) is 0 Å². The number of hydrogen-bond acceptors (Lipinski definition) is 5. The summed E-state index contributed by atoms with van der Waals surface area (Å²) in [6, 6.07) is 8.01. The van der Waals surface area contributed by atoms with E-state index in [1.54, 1.807) is 12.3 Å². The van der Waals surface area contributed by atoms with Gasteiger partial charge in [-0.3, -0.25) is 4.79 Å². The average molecular weight is 423 g/mol. The number of amides is 1. The maximum absolute atomic E-state index is 12.8. The Morgan fingerprint density at radius 3 is 2.77 bits per heavy atom. The fourth-order valence-corrected chi connectivity index (χ4v) is 4.76. The molecule has 1 aliphatic rings. The first-order chi connectivity index (χ1) is 14.2. The van der Waals surface area contributed by atoms with Crippen molar-refractivity contribution in [1.29, 1.82) is 5.26 Å². The van der Waals surface area contributed by atoms with Crippen LogP contribution in [0.15, 0.2) is 29.4 Å². The highest BCUT2D eigenvalue weighted by Gasteiger charge is 2.30. The molecule has 3 rings (SSSR count). The van der Waals surface area contributed by atoms with Crippen molar-refractivity contribution in [3.8, 4) is 6.07 Å². The van der Waals surface area contributed by atoms with Crippen LogP contribution in [0, 0.1) is 29.6 Å². The molecule has 2 atom stereocenters. The van der Waals surface area contributed by atoms with Gasteiger partial charge < -0.3 is 5.32 Å². The van der Waals surface area contributed by atoms with Crippen molar-refractivity contribution in [3.05, 3.63) is 46.8 Å². The van der Waals surface area contributed by atoms with Crippen molar-refractivity contribution in [2.75, 3.05) is 5.32 Å². The molecule has 0 aromatic carbocycles. The zero-order chi connectivity index (χ0) is 21.9. The molecular formula is C24H30N4OS. The first kappa shape index (κ1) is 22.3. The predicted octanol–water partition coefficient (Wildman–Crippen LogP) is 5.32. The first-order valence-electron chi connectivity index (χ1n) is 10.5. The Labute approximate surface area is 183 Å². The number of carbonyl (C=O) groups excluding carboxylic acids is 1. The molecule has 2 unspecified atom stereocenters. The number of pyridine rings is 2. The molecule has 1 N–H and O–H groups in total. The maximum Gasteiger partial charge on any atom is 0.239 e. The molecule has 0 saturated heterocycles. The van der Waals surface area contributed by atoms with Crippen LogP contribution in [0.2, 0.25) is 0 Å². The second kappa shape index (κ2) is 9.18. The van der Waals surface area contributed by atoms with Crippen molar-refractivity contribution in [2.24, 2.45) is 11.3 Å². The molecule has 1 aliphatic carbocycles. The van der Waals surface area contributed by atoms with Gasteiger partial charge in [-0.25, -0.2) is 9.97 Å². The smallest absolute Gasteiger partial charge is 0.239 e. The lowest BCUT2D eigenvalue weighted by atomic mass is 9.71. The van der Waals surface area contributed by atoms with Crippen molar-refractivity contribution < 1.29 is 4.79 Å². The zero-order valence-corrected chi connectivity index (χ0v) is 19.3. The van der Waals surface area contributed by atoms with E-state index in [1.807, 2.05) is 26.0 Å². The summed E-state index contributed by atoms with van der Waals surface area (Å²) in [7, 11) is 0. The molecule has 0 fully saturated rings. The summed E-state index contributed by atoms with van der Waals surface area (Å²) in [5, 5.41) is 12.9. The van der Waals surface area contributed by atoms with E-state index in [2.05, 4.69) is 37.1 Å². The Bertz CT molecular complexity index is 957. The Hall–Kier alpha value is -2.39. The Kier molecular flexibility index (Phi) is 6.82. The number of carbonyl (C=O) groups is 1. The summed E-state index contributed by atoms with van der Waals surface area (Å²) in [6.07, 6.45) is 5.36. The largest absolute Gasteiger partial charge is 0.310 e. The van der Waals surface area contributed by atoms with Gasteiger partial charge in [0.05, 0.1) is 10.8 Å². The number of nitriles is 1. The van der Waals surface area contributed by atoms with Crippen LogP contribution in [-0.4, -0.2) is 21.1 Å². The van der Waals surface area contributed by atoms with Crippen LogP contribution < -0.4 is 5.32 Å². The molecule has 6 heteroatoms. The van der Waals surface area contributed by atoms with Crippen LogP contribution in [0.4, 0.5) is 5.82 Å². The van der Waals surface area contributed by atoms with Crippen molar-refractivity contribution in [1.82, 2.24) is 9.97 Å². The van der Waals surface area contributed by atoms with Gasteiger partial charge in [0, 0.05) is 11.9 Å². The van der Waals surface area contributed by atoms with Crippen LogP contribution in [-0.2, 0) is 17.6 Å². The van der Waals surface area contributed by atoms with E-state index >= 15 is 0 Å². The number of aryl methyl sites for hydroxylation is 2. The van der Waals surface area contributed by atoms with Gasteiger partial charge in [-0.05, 0) is 67.2 Å². The summed E-state index contributed by atoms with van der Waals surface area (Å²) in [5.41, 5.74) is 4.11. The normalized spacial score (nSPS) is 17.0. The molecule has 1 amide bonds. The molecule has 0 radical (unpaired) electrons. The number of hydrogen-bond donors (Lipinski definition) is 1. The number of fused-ring (bicyclic) bond motifs is 1. The highest BCUT2D eigenvalue weighted by Crippen LogP contribution is 2.38. The molecule has 2 aromatic heterocycles. The Balaban J connectivity index is 1.78. The number of anilines is 1. The second-order valence-electron chi connectivity index (χ2n) is 9.09. The van der Waals surface area contributed by atoms with Gasteiger partial charge in [-0.1, -0.05) is 45.5 Å². The Morgan fingerprint density at radius 1 is 1.40 bits per heavy atom. The predicted molar refractivity (Wildman–Crippen MR) is 121 cm³/mol. The van der Waals surface area contributed by atoms with Crippen LogP contribution in [0.25, 0.3) is 0 Å². The molecule has 2 heterocycles. The SMILES string of the molecule is CCC(Sc1nc2c(cc1C#N)CC(C(C)(C)C)CC2)C(=O)Nc1ccc(C)cn1. The third kappa shape index (κ3) is 5.20. The third-order valence-corrected chi connectivity index (χ3v) is 7.14. The minimum Gasteiger partial charge on any atom is -0.310 e. The number of thioether (sulfide) groups is 1. The number of aromatic nitrogens is 2. The fourth-order valence-electron chi connectivity index (χ4n) is 3.76. The molecule has 0 aliphatic heterocycles. The van der Waals surface area contributed by atoms with E-state index in [0.717, 1.165) is 30.5 Å². The Morgan fingerprint density at radius 2 is 2.17 bits per heavy atom. The zero-order valence-electron chi connectivity index (χ0n) is 18.5. The van der Waals surface area contributed by atoms with Crippen molar-refractivity contribution >= 4 is 23.5 Å². The molecule has 30 heavy (non-hydrogen) atoms. The quantitative estimate of drug-likeness (QED) is 0.660. The van der Waals surface area contributed by atoms with E-state index in [1.165, 1.54) is 17.3 Å². The van der Waals surface area contributed by atoms with Crippen LogP contribution >= 0.6 is 11.8 Å². The van der Waals surface area contributed by atoms with Crippen LogP contribution in [0.1, 0.15) is 62.9 Å². The van der Waals surface area contributed by atoms with Crippen LogP contribution in [0.3, 0.4) is 0 Å². The number of rotatable bonds is 5. The van der Waals surface area contributed by atoms with Gasteiger partial charge in [-0.2, -0.15) is 5.26 Å². The van der Waals surface area contributed by atoms with E-state index in [4.69, 9.17) is 4.98 Å². The molecule has 158 valence electrons. The molecule has 0 spiro atoms. The van der Waals surface area contributed by atoms with Crippen molar-refractivity contribution in [3.63, 3.8) is 0 Å². The van der Waals surface area contributed by atoms with E-state index in [0.29, 0.717) is 28.7 Å². The summed E-state index contributed by atoms with van der Waals surface area (Å²) in [5.74, 6) is 1.01.